The maximum Gasteiger partial charge on any atom is 0.170 e. The lowest BCUT2D eigenvalue weighted by molar-refractivity contribution is 0.250. The number of likely N-dealkylation sites (N-methyl/N-ethyl adjacent to an activating group) is 1. The molecule has 1 N–H and O–H groups in total. The van der Waals surface area contributed by atoms with Crippen molar-refractivity contribution in [3.05, 3.63) is 76.8 Å². The molecule has 7 heteroatoms. The van der Waals surface area contributed by atoms with Crippen LogP contribution in [0.25, 0.3) is 11.3 Å². The SMILES string of the molecule is Cc1ccc(-c2ccc([C@H]3[C@H](c4ccccn4)NC(=S)N3CCN(C)C)o2)cc1Cl. The highest BCUT2D eigenvalue weighted by Crippen LogP contribution is 2.40. The third-order valence-corrected chi connectivity index (χ3v) is 6.12. The first kappa shape index (κ1) is 20.8. The highest BCUT2D eigenvalue weighted by Gasteiger charge is 2.41. The van der Waals surface area contributed by atoms with Gasteiger partial charge in [-0.05, 0) is 69.1 Å². The molecule has 0 spiro atoms. The minimum atomic E-state index is -0.0820. The number of nitrogens with one attached hydrogen (secondary N) is 1. The third-order valence-electron chi connectivity index (χ3n) is 5.36. The summed E-state index contributed by atoms with van der Waals surface area (Å²) in [6.07, 6.45) is 1.81. The Bertz CT molecular complexity index is 1040. The van der Waals surface area contributed by atoms with E-state index in [1.807, 2.05) is 61.7 Å². The summed E-state index contributed by atoms with van der Waals surface area (Å²) in [7, 11) is 4.12. The molecule has 2 atom stereocenters. The van der Waals surface area contributed by atoms with Crippen molar-refractivity contribution in [1.29, 1.82) is 0 Å². The zero-order valence-electron chi connectivity index (χ0n) is 17.3. The number of hydrogen-bond acceptors (Lipinski definition) is 4. The lowest BCUT2D eigenvalue weighted by Gasteiger charge is -2.27. The minimum absolute atomic E-state index is 0.0815. The van der Waals surface area contributed by atoms with Crippen molar-refractivity contribution in [2.75, 3.05) is 27.2 Å². The van der Waals surface area contributed by atoms with Gasteiger partial charge in [-0.15, -0.1) is 0 Å². The van der Waals surface area contributed by atoms with Gasteiger partial charge in [-0.2, -0.15) is 0 Å². The Kier molecular flexibility index (Phi) is 6.09. The predicted octanol–water partition coefficient (Wildman–Crippen LogP) is 4.84. The van der Waals surface area contributed by atoms with Crippen molar-refractivity contribution in [3.63, 3.8) is 0 Å². The standard InChI is InChI=1S/C23H25ClN4OS/c1-15-7-8-16(14-17(15)24)19-9-10-20(29-19)22-21(18-6-4-5-11-25-18)26-23(30)28(22)13-12-27(2)3/h4-11,14,21-22H,12-13H2,1-3H3,(H,26,30)/t21-,22-/m0/s1. The molecule has 1 aliphatic rings. The van der Waals surface area contributed by atoms with E-state index in [0.717, 1.165) is 46.5 Å². The fourth-order valence-corrected chi connectivity index (χ4v) is 4.19. The van der Waals surface area contributed by atoms with Crippen molar-refractivity contribution in [2.24, 2.45) is 0 Å². The number of rotatable bonds is 6. The van der Waals surface area contributed by atoms with Gasteiger partial charge in [-0.25, -0.2) is 0 Å². The number of thiocarbonyl (C=S) groups is 1. The van der Waals surface area contributed by atoms with E-state index < -0.39 is 0 Å². The fourth-order valence-electron chi connectivity index (χ4n) is 3.68. The van der Waals surface area contributed by atoms with Gasteiger partial charge in [0.2, 0.25) is 0 Å². The molecular weight excluding hydrogens is 416 g/mol. The van der Waals surface area contributed by atoms with E-state index in [-0.39, 0.29) is 12.1 Å². The van der Waals surface area contributed by atoms with E-state index in [1.165, 1.54) is 0 Å². The van der Waals surface area contributed by atoms with E-state index >= 15 is 0 Å². The largest absolute Gasteiger partial charge is 0.459 e. The van der Waals surface area contributed by atoms with Crippen LogP contribution in [0.2, 0.25) is 5.02 Å². The normalized spacial score (nSPS) is 18.8. The van der Waals surface area contributed by atoms with Crippen LogP contribution in [0.1, 0.15) is 29.1 Å². The summed E-state index contributed by atoms with van der Waals surface area (Å²) >= 11 is 12.0. The maximum atomic E-state index is 6.34. The van der Waals surface area contributed by atoms with Gasteiger partial charge < -0.3 is 19.5 Å². The number of hydrogen-bond donors (Lipinski definition) is 1. The van der Waals surface area contributed by atoms with Crippen LogP contribution in [0.4, 0.5) is 0 Å². The van der Waals surface area contributed by atoms with Gasteiger partial charge in [-0.3, -0.25) is 4.98 Å². The Hall–Kier alpha value is -2.41. The summed E-state index contributed by atoms with van der Waals surface area (Å²) in [6.45, 7) is 3.67. The third kappa shape index (κ3) is 4.21. The summed E-state index contributed by atoms with van der Waals surface area (Å²) in [5, 5.41) is 4.90. The van der Waals surface area contributed by atoms with Crippen LogP contribution >= 0.6 is 23.8 Å². The predicted molar refractivity (Wildman–Crippen MR) is 125 cm³/mol. The molecule has 1 fully saturated rings. The Morgan fingerprint density at radius 1 is 1.20 bits per heavy atom. The molecule has 156 valence electrons. The molecule has 4 rings (SSSR count). The average molecular weight is 441 g/mol. The topological polar surface area (TPSA) is 44.5 Å². The summed E-state index contributed by atoms with van der Waals surface area (Å²) in [5.41, 5.74) is 2.94. The van der Waals surface area contributed by atoms with Gasteiger partial charge in [0.1, 0.15) is 17.6 Å². The molecular formula is C23H25ClN4OS. The number of benzene rings is 1. The molecule has 0 radical (unpaired) electrons. The van der Waals surface area contributed by atoms with E-state index in [2.05, 4.69) is 34.2 Å². The molecule has 30 heavy (non-hydrogen) atoms. The van der Waals surface area contributed by atoms with Crippen molar-refractivity contribution in [2.45, 2.75) is 19.0 Å². The van der Waals surface area contributed by atoms with E-state index in [0.29, 0.717) is 5.11 Å². The lowest BCUT2D eigenvalue weighted by Crippen LogP contribution is -2.35. The Labute approximate surface area is 187 Å². The van der Waals surface area contributed by atoms with Gasteiger partial charge in [0, 0.05) is 29.9 Å². The maximum absolute atomic E-state index is 6.34. The molecule has 0 aliphatic carbocycles. The summed E-state index contributed by atoms with van der Waals surface area (Å²) < 4.78 is 6.34. The number of furan rings is 1. The molecule has 2 aromatic heterocycles. The van der Waals surface area contributed by atoms with Gasteiger partial charge in [-0.1, -0.05) is 29.8 Å². The molecule has 0 saturated carbocycles. The van der Waals surface area contributed by atoms with Gasteiger partial charge in [0.25, 0.3) is 0 Å². The Morgan fingerprint density at radius 3 is 2.73 bits per heavy atom. The van der Waals surface area contributed by atoms with E-state index in [4.69, 9.17) is 28.2 Å². The van der Waals surface area contributed by atoms with Crippen LogP contribution in [0.15, 0.2) is 59.1 Å². The second kappa shape index (κ2) is 8.76. The van der Waals surface area contributed by atoms with Crippen LogP contribution in [0.5, 0.6) is 0 Å². The fraction of sp³-hybridized carbons (Fsp3) is 0.304. The molecule has 0 amide bonds. The molecule has 0 bridgehead atoms. The van der Waals surface area contributed by atoms with Crippen molar-refractivity contribution in [1.82, 2.24) is 20.1 Å². The second-order valence-corrected chi connectivity index (χ2v) is 8.58. The van der Waals surface area contributed by atoms with Crippen LogP contribution in [-0.4, -0.2) is 47.1 Å². The summed E-state index contributed by atoms with van der Waals surface area (Å²) in [4.78, 5) is 8.91. The smallest absolute Gasteiger partial charge is 0.170 e. The Balaban J connectivity index is 1.70. The molecule has 1 saturated heterocycles. The number of aromatic nitrogens is 1. The molecule has 0 unspecified atom stereocenters. The van der Waals surface area contributed by atoms with Crippen LogP contribution in [0, 0.1) is 6.92 Å². The number of pyridine rings is 1. The minimum Gasteiger partial charge on any atom is -0.459 e. The van der Waals surface area contributed by atoms with Crippen molar-refractivity contribution in [3.8, 4) is 11.3 Å². The summed E-state index contributed by atoms with van der Waals surface area (Å²) in [6, 6.07) is 15.8. The zero-order valence-corrected chi connectivity index (χ0v) is 18.9. The van der Waals surface area contributed by atoms with Crippen LogP contribution < -0.4 is 5.32 Å². The van der Waals surface area contributed by atoms with Gasteiger partial charge in [0.15, 0.2) is 5.11 Å². The Morgan fingerprint density at radius 2 is 2.03 bits per heavy atom. The first-order chi connectivity index (χ1) is 14.4. The summed E-state index contributed by atoms with van der Waals surface area (Å²) in [5.74, 6) is 1.64. The quantitative estimate of drug-likeness (QED) is 0.553. The molecule has 1 aliphatic heterocycles. The lowest BCUT2D eigenvalue weighted by atomic mass is 10.0. The number of aryl methyl sites for hydroxylation is 1. The molecule has 1 aromatic carbocycles. The highest BCUT2D eigenvalue weighted by molar-refractivity contribution is 7.80. The first-order valence-electron chi connectivity index (χ1n) is 9.93. The first-order valence-corrected chi connectivity index (χ1v) is 10.7. The molecule has 3 heterocycles. The van der Waals surface area contributed by atoms with Gasteiger partial charge in [0.05, 0.1) is 11.7 Å². The van der Waals surface area contributed by atoms with Crippen molar-refractivity contribution >= 4 is 28.9 Å². The zero-order chi connectivity index (χ0) is 21.3. The highest BCUT2D eigenvalue weighted by atomic mass is 35.5. The van der Waals surface area contributed by atoms with E-state index in [1.54, 1.807) is 0 Å². The van der Waals surface area contributed by atoms with Crippen LogP contribution in [0.3, 0.4) is 0 Å². The second-order valence-electron chi connectivity index (χ2n) is 7.79. The van der Waals surface area contributed by atoms with E-state index in [9.17, 15) is 0 Å². The van der Waals surface area contributed by atoms with Gasteiger partial charge >= 0.3 is 0 Å². The molecule has 5 nitrogen and oxygen atoms in total. The van der Waals surface area contributed by atoms with Crippen LogP contribution in [-0.2, 0) is 0 Å². The average Bonchev–Trinajstić information content (AvgIpc) is 3.33. The molecule has 3 aromatic rings. The van der Waals surface area contributed by atoms with Crippen molar-refractivity contribution < 1.29 is 4.42 Å². The number of nitrogens with zero attached hydrogens (tertiary/aromatic N) is 3. The monoisotopic (exact) mass is 440 g/mol. The number of halogens is 1.